The molecule has 0 amide bonds. The van der Waals surface area contributed by atoms with Crippen molar-refractivity contribution in [1.82, 2.24) is 4.98 Å². The van der Waals surface area contributed by atoms with Crippen molar-refractivity contribution in [2.24, 2.45) is 11.3 Å². The van der Waals surface area contributed by atoms with Crippen molar-refractivity contribution in [2.75, 3.05) is 23.3 Å². The average molecular weight is 287 g/mol. The van der Waals surface area contributed by atoms with E-state index in [2.05, 4.69) is 48.1 Å². The van der Waals surface area contributed by atoms with E-state index in [1.165, 1.54) is 37.8 Å². The van der Waals surface area contributed by atoms with Gasteiger partial charge in [-0.15, -0.1) is 0 Å². The van der Waals surface area contributed by atoms with Gasteiger partial charge in [0.05, 0.1) is 11.9 Å². The first-order valence-corrected chi connectivity index (χ1v) is 8.49. The van der Waals surface area contributed by atoms with Gasteiger partial charge in [0.2, 0.25) is 0 Å². The summed E-state index contributed by atoms with van der Waals surface area (Å²) in [6.45, 7) is 9.49. The molecule has 0 radical (unpaired) electrons. The van der Waals surface area contributed by atoms with Crippen molar-refractivity contribution in [3.05, 3.63) is 18.3 Å². The number of aromatic nitrogens is 1. The van der Waals surface area contributed by atoms with Crippen molar-refractivity contribution in [3.8, 4) is 0 Å². The number of hydrogen-bond donors (Lipinski definition) is 1. The second kappa shape index (κ2) is 5.86. The first kappa shape index (κ1) is 14.7. The predicted molar refractivity (Wildman–Crippen MR) is 89.9 cm³/mol. The minimum Gasteiger partial charge on any atom is -0.381 e. The zero-order chi connectivity index (χ0) is 14.9. The predicted octanol–water partition coefficient (Wildman–Crippen LogP) is 4.31. The monoisotopic (exact) mass is 287 g/mol. The number of anilines is 2. The lowest BCUT2D eigenvalue weighted by Crippen LogP contribution is -2.35. The lowest BCUT2D eigenvalue weighted by molar-refractivity contribution is 0.178. The molecular formula is C18H29N3. The van der Waals surface area contributed by atoms with Gasteiger partial charge in [-0.3, -0.25) is 0 Å². The highest BCUT2D eigenvalue weighted by Crippen LogP contribution is 2.39. The van der Waals surface area contributed by atoms with Crippen molar-refractivity contribution in [2.45, 2.75) is 58.9 Å². The van der Waals surface area contributed by atoms with Crippen LogP contribution in [0.3, 0.4) is 0 Å². The van der Waals surface area contributed by atoms with E-state index >= 15 is 0 Å². The number of nitrogens with zero attached hydrogens (tertiary/aromatic N) is 2. The van der Waals surface area contributed by atoms with Crippen LogP contribution in [0.25, 0.3) is 0 Å². The minimum absolute atomic E-state index is 0.457. The number of nitrogens with one attached hydrogen (secondary N) is 1. The Morgan fingerprint density at radius 3 is 2.57 bits per heavy atom. The van der Waals surface area contributed by atoms with Gasteiger partial charge in [-0.1, -0.05) is 20.8 Å². The van der Waals surface area contributed by atoms with Gasteiger partial charge in [0.15, 0.2) is 0 Å². The van der Waals surface area contributed by atoms with E-state index < -0.39 is 0 Å². The average Bonchev–Trinajstić information content (AvgIpc) is 2.91. The molecule has 2 aliphatic rings. The van der Waals surface area contributed by atoms with Crippen molar-refractivity contribution >= 4 is 11.5 Å². The fourth-order valence-electron chi connectivity index (χ4n) is 4.30. The first-order chi connectivity index (χ1) is 10.0. The Hall–Kier alpha value is -1.25. The second-order valence-corrected chi connectivity index (χ2v) is 7.85. The lowest BCUT2D eigenvalue weighted by Gasteiger charge is -2.39. The second-order valence-electron chi connectivity index (χ2n) is 7.85. The molecule has 2 fully saturated rings. The molecule has 0 spiro atoms. The number of hydrogen-bond acceptors (Lipinski definition) is 3. The third-order valence-electron chi connectivity index (χ3n) is 4.94. The lowest BCUT2D eigenvalue weighted by atomic mass is 9.70. The van der Waals surface area contributed by atoms with Crippen molar-refractivity contribution < 1.29 is 0 Å². The van der Waals surface area contributed by atoms with E-state index in [4.69, 9.17) is 0 Å². The van der Waals surface area contributed by atoms with Crippen LogP contribution >= 0.6 is 0 Å². The third-order valence-corrected chi connectivity index (χ3v) is 4.94. The van der Waals surface area contributed by atoms with Crippen LogP contribution in [0.2, 0.25) is 0 Å². The molecule has 1 aromatic rings. The summed E-state index contributed by atoms with van der Waals surface area (Å²) in [5.74, 6) is 1.94. The summed E-state index contributed by atoms with van der Waals surface area (Å²) in [5, 5.41) is 3.70. The van der Waals surface area contributed by atoms with Crippen LogP contribution in [-0.4, -0.2) is 24.1 Å². The molecule has 3 rings (SSSR count). The summed E-state index contributed by atoms with van der Waals surface area (Å²) in [5.41, 5.74) is 1.63. The van der Waals surface area contributed by atoms with Gasteiger partial charge < -0.3 is 10.2 Å². The molecule has 116 valence electrons. The van der Waals surface area contributed by atoms with Crippen LogP contribution in [0.4, 0.5) is 11.5 Å². The van der Waals surface area contributed by atoms with Gasteiger partial charge in [0, 0.05) is 19.1 Å². The maximum absolute atomic E-state index is 4.64. The van der Waals surface area contributed by atoms with E-state index in [0.29, 0.717) is 11.5 Å². The van der Waals surface area contributed by atoms with Gasteiger partial charge in [0.1, 0.15) is 5.82 Å². The van der Waals surface area contributed by atoms with Gasteiger partial charge in [-0.25, -0.2) is 4.98 Å². The molecule has 0 bridgehead atoms. The van der Waals surface area contributed by atoms with Crippen LogP contribution in [0.5, 0.6) is 0 Å². The normalized spacial score (nSPS) is 28.6. The molecule has 1 saturated carbocycles. The maximum atomic E-state index is 4.64. The Morgan fingerprint density at radius 2 is 1.95 bits per heavy atom. The number of rotatable bonds is 3. The van der Waals surface area contributed by atoms with Crippen LogP contribution in [-0.2, 0) is 0 Å². The van der Waals surface area contributed by atoms with Crippen molar-refractivity contribution in [1.29, 1.82) is 0 Å². The fourth-order valence-corrected chi connectivity index (χ4v) is 4.30. The minimum atomic E-state index is 0.457. The summed E-state index contributed by atoms with van der Waals surface area (Å²) in [6.07, 6.45) is 8.49. The van der Waals surface area contributed by atoms with E-state index in [-0.39, 0.29) is 0 Å². The molecule has 2 heterocycles. The van der Waals surface area contributed by atoms with Crippen molar-refractivity contribution in [3.63, 3.8) is 0 Å². The van der Waals surface area contributed by atoms with Crippen LogP contribution in [0.15, 0.2) is 18.3 Å². The first-order valence-electron chi connectivity index (χ1n) is 8.49. The highest BCUT2D eigenvalue weighted by molar-refractivity contribution is 5.49. The standard InChI is InChI=1S/C18H29N3/c1-14-10-16(12-18(2,3)11-14)20-15-6-7-17(19-13-15)21-8-4-5-9-21/h6-7,13-14,16,20H,4-5,8-12H2,1-3H3. The molecule has 3 nitrogen and oxygen atoms in total. The Labute approximate surface area is 129 Å². The van der Waals surface area contributed by atoms with E-state index in [1.807, 2.05) is 6.20 Å². The molecular weight excluding hydrogens is 258 g/mol. The highest BCUT2D eigenvalue weighted by atomic mass is 15.2. The highest BCUT2D eigenvalue weighted by Gasteiger charge is 2.31. The van der Waals surface area contributed by atoms with Gasteiger partial charge in [-0.05, 0) is 55.6 Å². The van der Waals surface area contributed by atoms with Gasteiger partial charge in [-0.2, -0.15) is 0 Å². The Balaban J connectivity index is 1.62. The van der Waals surface area contributed by atoms with E-state index in [9.17, 15) is 0 Å². The molecule has 2 atom stereocenters. The summed E-state index contributed by atoms with van der Waals surface area (Å²) >= 11 is 0. The number of pyridine rings is 1. The summed E-state index contributed by atoms with van der Waals surface area (Å²) < 4.78 is 0. The molecule has 2 unspecified atom stereocenters. The quantitative estimate of drug-likeness (QED) is 0.898. The molecule has 1 aliphatic carbocycles. The van der Waals surface area contributed by atoms with Gasteiger partial charge in [0.25, 0.3) is 0 Å². The molecule has 21 heavy (non-hydrogen) atoms. The SMILES string of the molecule is CC1CC(Nc2ccc(N3CCCC3)nc2)CC(C)(C)C1. The largest absolute Gasteiger partial charge is 0.381 e. The maximum Gasteiger partial charge on any atom is 0.128 e. The fraction of sp³-hybridized carbons (Fsp3) is 0.722. The summed E-state index contributed by atoms with van der Waals surface area (Å²) in [6, 6.07) is 4.96. The summed E-state index contributed by atoms with van der Waals surface area (Å²) in [7, 11) is 0. The molecule has 1 saturated heterocycles. The molecule has 1 N–H and O–H groups in total. The Bertz CT molecular complexity index is 460. The van der Waals surface area contributed by atoms with Crippen LogP contribution in [0.1, 0.15) is 52.9 Å². The summed E-state index contributed by atoms with van der Waals surface area (Å²) in [4.78, 5) is 7.03. The zero-order valence-corrected chi connectivity index (χ0v) is 13.7. The molecule has 1 aromatic heterocycles. The zero-order valence-electron chi connectivity index (χ0n) is 13.7. The van der Waals surface area contributed by atoms with E-state index in [0.717, 1.165) is 24.8 Å². The van der Waals surface area contributed by atoms with Crippen LogP contribution < -0.4 is 10.2 Å². The van der Waals surface area contributed by atoms with Gasteiger partial charge >= 0.3 is 0 Å². The van der Waals surface area contributed by atoms with Crippen LogP contribution in [0, 0.1) is 11.3 Å². The third kappa shape index (κ3) is 3.69. The smallest absolute Gasteiger partial charge is 0.128 e. The van der Waals surface area contributed by atoms with E-state index in [1.54, 1.807) is 0 Å². The Kier molecular flexibility index (Phi) is 4.10. The Morgan fingerprint density at radius 1 is 1.19 bits per heavy atom. The molecule has 0 aromatic carbocycles. The molecule has 3 heteroatoms. The molecule has 1 aliphatic heterocycles. The topological polar surface area (TPSA) is 28.2 Å².